The molecule has 9 nitrogen and oxygen atoms in total. The number of rotatable bonds is 7. The van der Waals surface area contributed by atoms with Crippen LogP contribution in [0.2, 0.25) is 0 Å². The third-order valence-corrected chi connectivity index (χ3v) is 4.17. The van der Waals surface area contributed by atoms with Gasteiger partial charge in [-0.05, 0) is 32.4 Å². The summed E-state index contributed by atoms with van der Waals surface area (Å²) in [6.07, 6.45) is 2.51. The molecule has 2 heterocycles. The molecular weight excluding hydrogens is 416 g/mol. The first-order valence-electron chi connectivity index (χ1n) is 11.2. The first-order chi connectivity index (χ1) is 15.6. The molecular formula is C23H40N2O7. The minimum Gasteiger partial charge on any atom is -0.394 e. The summed E-state index contributed by atoms with van der Waals surface area (Å²) in [7, 11) is 0. The van der Waals surface area contributed by atoms with Crippen molar-refractivity contribution >= 4 is 17.5 Å². The number of carbonyl (C=O) groups excluding carboxylic acids is 2. The Morgan fingerprint density at radius 1 is 0.969 bits per heavy atom. The van der Waals surface area contributed by atoms with Gasteiger partial charge in [0.2, 0.25) is 0 Å². The van der Waals surface area contributed by atoms with Gasteiger partial charge in [0.15, 0.2) is 0 Å². The van der Waals surface area contributed by atoms with Crippen LogP contribution in [0.5, 0.6) is 0 Å². The van der Waals surface area contributed by atoms with E-state index in [1.165, 1.54) is 5.01 Å². The Hall–Kier alpha value is -2.04. The molecule has 2 aliphatic rings. The highest BCUT2D eigenvalue weighted by molar-refractivity contribution is 6.14. The third-order valence-electron chi connectivity index (χ3n) is 4.17. The lowest BCUT2D eigenvalue weighted by molar-refractivity contribution is -0.127. The highest BCUT2D eigenvalue weighted by Gasteiger charge is 2.39. The average Bonchev–Trinajstić information content (AvgIpc) is 3.14. The van der Waals surface area contributed by atoms with Crippen molar-refractivity contribution < 1.29 is 34.0 Å². The van der Waals surface area contributed by atoms with Crippen molar-refractivity contribution in [3.63, 3.8) is 0 Å². The van der Waals surface area contributed by atoms with Crippen LogP contribution >= 0.6 is 0 Å². The largest absolute Gasteiger partial charge is 0.394 e. The van der Waals surface area contributed by atoms with Crippen molar-refractivity contribution in [2.24, 2.45) is 5.92 Å². The van der Waals surface area contributed by atoms with E-state index in [1.54, 1.807) is 12.1 Å². The molecule has 0 bridgehead atoms. The van der Waals surface area contributed by atoms with Gasteiger partial charge in [-0.1, -0.05) is 38.0 Å². The zero-order valence-electron chi connectivity index (χ0n) is 19.6. The SMILES string of the molecule is C1COCCO1.CCCCC1C(=O)NN(c2ccccc2)C1=O.CCOCC.OCCO. The molecule has 0 saturated carbocycles. The molecule has 1 aromatic carbocycles. The maximum atomic E-state index is 12.1. The van der Waals surface area contributed by atoms with Crippen LogP contribution < -0.4 is 10.4 Å². The first-order valence-corrected chi connectivity index (χ1v) is 11.2. The Labute approximate surface area is 191 Å². The normalized spacial score (nSPS) is 17.2. The summed E-state index contributed by atoms with van der Waals surface area (Å²) in [5.74, 6) is -0.850. The summed E-state index contributed by atoms with van der Waals surface area (Å²) in [6.45, 7) is 10.6. The fourth-order valence-corrected chi connectivity index (χ4v) is 2.59. The molecule has 2 saturated heterocycles. The molecule has 9 heteroatoms. The van der Waals surface area contributed by atoms with Gasteiger partial charge in [0, 0.05) is 13.2 Å². The van der Waals surface area contributed by atoms with Gasteiger partial charge < -0.3 is 24.4 Å². The quantitative estimate of drug-likeness (QED) is 0.537. The number of aliphatic hydroxyl groups excluding tert-OH is 2. The number of hydrazine groups is 1. The van der Waals surface area contributed by atoms with Gasteiger partial charge in [0.05, 0.1) is 45.3 Å². The predicted octanol–water partition coefficient (Wildman–Crippen LogP) is 1.92. The van der Waals surface area contributed by atoms with Crippen LogP contribution in [0.15, 0.2) is 30.3 Å². The molecule has 0 spiro atoms. The number of carbonyl (C=O) groups is 2. The number of unbranched alkanes of at least 4 members (excludes halogenated alkanes) is 1. The number of aliphatic hydroxyl groups is 2. The zero-order chi connectivity index (χ0) is 24.0. The zero-order valence-corrected chi connectivity index (χ0v) is 19.6. The van der Waals surface area contributed by atoms with Crippen LogP contribution in [0.4, 0.5) is 5.69 Å². The van der Waals surface area contributed by atoms with Crippen LogP contribution in [-0.2, 0) is 23.8 Å². The molecule has 184 valence electrons. The number of nitrogens with zero attached hydrogens (tertiary/aromatic N) is 1. The van der Waals surface area contributed by atoms with E-state index in [1.807, 2.05) is 39.0 Å². The second-order valence-electron chi connectivity index (χ2n) is 6.63. The van der Waals surface area contributed by atoms with E-state index in [-0.39, 0.29) is 25.0 Å². The molecule has 32 heavy (non-hydrogen) atoms. The smallest absolute Gasteiger partial charge is 0.258 e. The van der Waals surface area contributed by atoms with E-state index in [0.717, 1.165) is 52.5 Å². The van der Waals surface area contributed by atoms with E-state index < -0.39 is 5.92 Å². The second-order valence-corrected chi connectivity index (χ2v) is 6.63. The Kier molecular flexibility index (Phi) is 19.5. The molecule has 0 radical (unpaired) electrons. The lowest BCUT2D eigenvalue weighted by atomic mass is 10.0. The van der Waals surface area contributed by atoms with Gasteiger partial charge >= 0.3 is 0 Å². The Morgan fingerprint density at radius 3 is 1.88 bits per heavy atom. The third kappa shape index (κ3) is 13.4. The lowest BCUT2D eigenvalue weighted by Gasteiger charge is -2.14. The summed E-state index contributed by atoms with van der Waals surface area (Å²) in [4.78, 5) is 23.8. The van der Waals surface area contributed by atoms with Crippen LogP contribution in [0, 0.1) is 5.92 Å². The number of anilines is 1. The van der Waals surface area contributed by atoms with Gasteiger partial charge in [-0.15, -0.1) is 0 Å². The summed E-state index contributed by atoms with van der Waals surface area (Å²) in [5.41, 5.74) is 3.34. The maximum absolute atomic E-state index is 12.1. The standard InChI is InChI=1S/C13H16N2O2.C4H8O2.C4H10O.C2H6O2/c1-2-3-9-11-12(16)14-15(13(11)17)10-7-5-4-6-8-10;1-2-6-4-3-5-1;1-3-5-4-2;3-1-2-4/h4-8,11H,2-3,9H2,1H3,(H,14,16);1-4H2;3-4H2,1-2H3;3-4H,1-2H2. The molecule has 1 aromatic rings. The van der Waals surface area contributed by atoms with Crippen molar-refractivity contribution in [2.45, 2.75) is 40.0 Å². The Bertz CT molecular complexity index is 567. The molecule has 2 aliphatic heterocycles. The lowest BCUT2D eigenvalue weighted by Crippen LogP contribution is -2.35. The number of hydrogen-bond donors (Lipinski definition) is 3. The molecule has 0 aliphatic carbocycles. The van der Waals surface area contributed by atoms with E-state index in [4.69, 9.17) is 24.4 Å². The van der Waals surface area contributed by atoms with Gasteiger partial charge in [-0.3, -0.25) is 15.0 Å². The molecule has 1 atom stereocenters. The number of benzene rings is 1. The van der Waals surface area contributed by atoms with Crippen molar-refractivity contribution in [3.05, 3.63) is 30.3 Å². The highest BCUT2D eigenvalue weighted by Crippen LogP contribution is 2.22. The number of ether oxygens (including phenoxy) is 3. The molecule has 3 rings (SSSR count). The minimum absolute atomic E-state index is 0.125. The van der Waals surface area contributed by atoms with E-state index in [0.29, 0.717) is 12.1 Å². The van der Waals surface area contributed by atoms with Crippen molar-refractivity contribution in [2.75, 3.05) is 57.9 Å². The molecule has 2 amide bonds. The highest BCUT2D eigenvalue weighted by atomic mass is 16.6. The van der Waals surface area contributed by atoms with Gasteiger partial charge in [-0.2, -0.15) is 0 Å². The summed E-state index contributed by atoms with van der Waals surface area (Å²) >= 11 is 0. The van der Waals surface area contributed by atoms with Crippen molar-refractivity contribution in [3.8, 4) is 0 Å². The van der Waals surface area contributed by atoms with Gasteiger partial charge in [0.25, 0.3) is 11.8 Å². The number of amides is 2. The predicted molar refractivity (Wildman–Crippen MR) is 123 cm³/mol. The fraction of sp³-hybridized carbons (Fsp3) is 0.652. The van der Waals surface area contributed by atoms with Crippen LogP contribution in [-0.4, -0.2) is 74.9 Å². The Balaban J connectivity index is 0.000000523. The minimum atomic E-state index is -0.518. The van der Waals surface area contributed by atoms with Crippen LogP contribution in [0.3, 0.4) is 0 Å². The number of hydrogen-bond acceptors (Lipinski definition) is 7. The second kappa shape index (κ2) is 20.8. The van der Waals surface area contributed by atoms with Crippen LogP contribution in [0.1, 0.15) is 40.0 Å². The number of para-hydroxylation sites is 1. The van der Waals surface area contributed by atoms with E-state index >= 15 is 0 Å². The molecule has 1 unspecified atom stereocenters. The van der Waals surface area contributed by atoms with Gasteiger partial charge in [0.1, 0.15) is 5.92 Å². The van der Waals surface area contributed by atoms with Crippen LogP contribution in [0.25, 0.3) is 0 Å². The molecule has 0 aromatic heterocycles. The number of nitrogens with one attached hydrogen (secondary N) is 1. The van der Waals surface area contributed by atoms with Gasteiger partial charge in [-0.25, -0.2) is 5.01 Å². The maximum Gasteiger partial charge on any atom is 0.258 e. The first kappa shape index (κ1) is 30.0. The molecule has 3 N–H and O–H groups in total. The van der Waals surface area contributed by atoms with E-state index in [2.05, 4.69) is 5.43 Å². The average molecular weight is 457 g/mol. The van der Waals surface area contributed by atoms with Crippen molar-refractivity contribution in [1.29, 1.82) is 0 Å². The summed E-state index contributed by atoms with van der Waals surface area (Å²) < 4.78 is 14.7. The summed E-state index contributed by atoms with van der Waals surface area (Å²) in [5, 5.41) is 16.6. The van der Waals surface area contributed by atoms with E-state index in [9.17, 15) is 9.59 Å². The van der Waals surface area contributed by atoms with Crippen molar-refractivity contribution in [1.82, 2.24) is 5.43 Å². The fourth-order valence-electron chi connectivity index (χ4n) is 2.59. The monoisotopic (exact) mass is 456 g/mol. The Morgan fingerprint density at radius 2 is 1.50 bits per heavy atom. The molecule has 2 fully saturated rings. The summed E-state index contributed by atoms with van der Waals surface area (Å²) in [6, 6.07) is 9.17. The topological polar surface area (TPSA) is 118 Å².